The third-order valence-corrected chi connectivity index (χ3v) is 5.12. The van der Waals surface area contributed by atoms with E-state index in [4.69, 9.17) is 5.73 Å². The molecule has 146 valence electrons. The zero-order valence-corrected chi connectivity index (χ0v) is 15.9. The maximum atomic E-state index is 13.8. The lowest BCUT2D eigenvalue weighted by atomic mass is 9.89. The summed E-state index contributed by atoms with van der Waals surface area (Å²) < 4.78 is 26.8. The standard InChI is InChI=1S/C20H23F2N3O.ClH/c1-13(20(26)24-19-8-7-16(21)9-18(19)22)25-11-15(10-23)17(12-25)14-5-3-2-4-6-14;/h2-9,13,15,17H,10-12,23H2,1H3,(H,24,26);1H/t13?,15-,17+;/m1./s1. The molecule has 1 saturated heterocycles. The second kappa shape index (κ2) is 9.26. The van der Waals surface area contributed by atoms with Crippen LogP contribution >= 0.6 is 12.4 Å². The lowest BCUT2D eigenvalue weighted by Gasteiger charge is -2.23. The summed E-state index contributed by atoms with van der Waals surface area (Å²) in [5.41, 5.74) is 7.14. The molecule has 0 aliphatic carbocycles. The molecule has 2 aromatic rings. The first-order valence-corrected chi connectivity index (χ1v) is 8.74. The van der Waals surface area contributed by atoms with Crippen LogP contribution in [-0.2, 0) is 4.79 Å². The third kappa shape index (κ3) is 4.83. The number of anilines is 1. The summed E-state index contributed by atoms with van der Waals surface area (Å²) in [7, 11) is 0. The van der Waals surface area contributed by atoms with Gasteiger partial charge in [-0.15, -0.1) is 12.4 Å². The fraction of sp³-hybridized carbons (Fsp3) is 0.350. The highest BCUT2D eigenvalue weighted by molar-refractivity contribution is 5.94. The van der Waals surface area contributed by atoms with Crippen molar-refractivity contribution in [1.82, 2.24) is 4.90 Å². The van der Waals surface area contributed by atoms with Gasteiger partial charge >= 0.3 is 0 Å². The third-order valence-electron chi connectivity index (χ3n) is 5.12. The van der Waals surface area contributed by atoms with Crippen molar-refractivity contribution in [2.75, 3.05) is 25.0 Å². The Labute approximate surface area is 164 Å². The summed E-state index contributed by atoms with van der Waals surface area (Å²) in [4.78, 5) is 14.6. The number of hydrogen-bond donors (Lipinski definition) is 2. The molecule has 0 spiro atoms. The van der Waals surface area contributed by atoms with Gasteiger partial charge in [0.2, 0.25) is 5.91 Å². The zero-order chi connectivity index (χ0) is 18.7. The maximum Gasteiger partial charge on any atom is 0.241 e. The molecule has 1 aliphatic rings. The molecule has 2 aromatic carbocycles. The van der Waals surface area contributed by atoms with E-state index >= 15 is 0 Å². The molecule has 0 bridgehead atoms. The lowest BCUT2D eigenvalue weighted by Crippen LogP contribution is -2.41. The molecule has 7 heteroatoms. The summed E-state index contributed by atoms with van der Waals surface area (Å²) in [6, 6.07) is 12.8. The number of benzene rings is 2. The van der Waals surface area contributed by atoms with Gasteiger partial charge < -0.3 is 11.1 Å². The van der Waals surface area contributed by atoms with Crippen molar-refractivity contribution in [1.29, 1.82) is 0 Å². The van der Waals surface area contributed by atoms with E-state index in [0.717, 1.165) is 12.1 Å². The normalized spacial score (nSPS) is 20.7. The second-order valence-electron chi connectivity index (χ2n) is 6.76. The van der Waals surface area contributed by atoms with Crippen molar-refractivity contribution < 1.29 is 13.6 Å². The minimum Gasteiger partial charge on any atom is -0.330 e. The number of nitrogens with two attached hydrogens (primary N) is 1. The van der Waals surface area contributed by atoms with Crippen LogP contribution in [0, 0.1) is 17.6 Å². The van der Waals surface area contributed by atoms with Gasteiger partial charge in [0.25, 0.3) is 0 Å². The van der Waals surface area contributed by atoms with Gasteiger partial charge in [0, 0.05) is 25.1 Å². The smallest absolute Gasteiger partial charge is 0.241 e. The molecule has 0 radical (unpaired) electrons. The van der Waals surface area contributed by atoms with Crippen LogP contribution in [-0.4, -0.2) is 36.5 Å². The van der Waals surface area contributed by atoms with Gasteiger partial charge in [-0.05, 0) is 37.1 Å². The van der Waals surface area contributed by atoms with Crippen molar-refractivity contribution in [2.45, 2.75) is 18.9 Å². The number of nitrogens with one attached hydrogen (secondary N) is 1. The van der Waals surface area contributed by atoms with Gasteiger partial charge in [-0.3, -0.25) is 9.69 Å². The van der Waals surface area contributed by atoms with E-state index in [-0.39, 0.29) is 35.8 Å². The van der Waals surface area contributed by atoms with Gasteiger partial charge in [0.15, 0.2) is 0 Å². The fourth-order valence-electron chi connectivity index (χ4n) is 3.53. The average molecular weight is 396 g/mol. The number of amides is 1. The summed E-state index contributed by atoms with van der Waals surface area (Å²) in [5, 5.41) is 2.55. The first-order chi connectivity index (χ1) is 12.5. The van der Waals surface area contributed by atoms with Gasteiger partial charge in [0.05, 0.1) is 11.7 Å². The van der Waals surface area contributed by atoms with Crippen LogP contribution in [0.3, 0.4) is 0 Å². The van der Waals surface area contributed by atoms with Crippen molar-refractivity contribution in [2.24, 2.45) is 11.7 Å². The number of nitrogens with zero attached hydrogens (tertiary/aromatic N) is 1. The zero-order valence-electron chi connectivity index (χ0n) is 15.1. The predicted octanol–water partition coefficient (Wildman–Crippen LogP) is 3.39. The Bertz CT molecular complexity index is 775. The van der Waals surface area contributed by atoms with Crippen LogP contribution in [0.25, 0.3) is 0 Å². The van der Waals surface area contributed by atoms with E-state index in [1.807, 2.05) is 18.2 Å². The van der Waals surface area contributed by atoms with Crippen LogP contribution in [0.4, 0.5) is 14.5 Å². The number of rotatable bonds is 5. The summed E-state index contributed by atoms with van der Waals surface area (Å²) >= 11 is 0. The van der Waals surface area contributed by atoms with Gasteiger partial charge in [-0.1, -0.05) is 30.3 Å². The van der Waals surface area contributed by atoms with E-state index in [2.05, 4.69) is 22.3 Å². The van der Waals surface area contributed by atoms with E-state index in [1.165, 1.54) is 11.6 Å². The van der Waals surface area contributed by atoms with Crippen LogP contribution in [0.15, 0.2) is 48.5 Å². The molecule has 4 nitrogen and oxygen atoms in total. The highest BCUT2D eigenvalue weighted by Crippen LogP contribution is 2.33. The van der Waals surface area contributed by atoms with Crippen LogP contribution in [0.2, 0.25) is 0 Å². The van der Waals surface area contributed by atoms with E-state index in [9.17, 15) is 13.6 Å². The SMILES string of the molecule is CC(C(=O)Nc1ccc(F)cc1F)N1C[C@@H](CN)[C@H](c2ccccc2)C1.Cl. The first kappa shape index (κ1) is 21.3. The molecule has 3 rings (SSSR count). The molecular weight excluding hydrogens is 372 g/mol. The van der Waals surface area contributed by atoms with E-state index < -0.39 is 17.7 Å². The first-order valence-electron chi connectivity index (χ1n) is 8.74. The molecule has 3 atom stereocenters. The number of carbonyl (C=O) groups excluding carboxylic acids is 1. The minimum absolute atomic E-state index is 0. The Morgan fingerprint density at radius 2 is 1.93 bits per heavy atom. The molecule has 0 aromatic heterocycles. The fourth-order valence-corrected chi connectivity index (χ4v) is 3.53. The quantitative estimate of drug-likeness (QED) is 0.815. The Balaban J connectivity index is 0.00000261. The summed E-state index contributed by atoms with van der Waals surface area (Å²) in [5.74, 6) is -1.26. The molecule has 1 amide bonds. The number of carbonyl (C=O) groups is 1. The molecule has 1 fully saturated rings. The molecule has 1 heterocycles. The average Bonchev–Trinajstić information content (AvgIpc) is 3.08. The molecule has 1 unspecified atom stereocenters. The second-order valence-corrected chi connectivity index (χ2v) is 6.76. The monoisotopic (exact) mass is 395 g/mol. The van der Waals surface area contributed by atoms with E-state index in [1.54, 1.807) is 6.92 Å². The minimum atomic E-state index is -0.783. The van der Waals surface area contributed by atoms with Crippen LogP contribution in [0.1, 0.15) is 18.4 Å². The van der Waals surface area contributed by atoms with Crippen LogP contribution < -0.4 is 11.1 Å². The highest BCUT2D eigenvalue weighted by Gasteiger charge is 2.36. The van der Waals surface area contributed by atoms with Crippen molar-refractivity contribution in [3.05, 3.63) is 65.7 Å². The topological polar surface area (TPSA) is 58.4 Å². The maximum absolute atomic E-state index is 13.8. The molecule has 27 heavy (non-hydrogen) atoms. The predicted molar refractivity (Wildman–Crippen MR) is 105 cm³/mol. The van der Waals surface area contributed by atoms with Crippen molar-refractivity contribution in [3.63, 3.8) is 0 Å². The lowest BCUT2D eigenvalue weighted by molar-refractivity contribution is -0.120. The van der Waals surface area contributed by atoms with Gasteiger partial charge in [-0.2, -0.15) is 0 Å². The Kier molecular flexibility index (Phi) is 7.30. The van der Waals surface area contributed by atoms with Crippen molar-refractivity contribution >= 4 is 24.0 Å². The number of halogens is 3. The summed E-state index contributed by atoms with van der Waals surface area (Å²) in [6.45, 7) is 3.75. The number of likely N-dealkylation sites (tertiary alicyclic amines) is 1. The Morgan fingerprint density at radius 3 is 2.56 bits per heavy atom. The summed E-state index contributed by atoms with van der Waals surface area (Å²) in [6.07, 6.45) is 0. The highest BCUT2D eigenvalue weighted by atomic mass is 35.5. The Hall–Kier alpha value is -2.02. The van der Waals surface area contributed by atoms with Crippen molar-refractivity contribution in [3.8, 4) is 0 Å². The number of hydrogen-bond acceptors (Lipinski definition) is 3. The Morgan fingerprint density at radius 1 is 1.22 bits per heavy atom. The molecule has 1 aliphatic heterocycles. The molecular formula is C20H24ClF2N3O. The largest absolute Gasteiger partial charge is 0.330 e. The van der Waals surface area contributed by atoms with Gasteiger partial charge in [-0.25, -0.2) is 8.78 Å². The molecule has 3 N–H and O–H groups in total. The molecule has 0 saturated carbocycles. The van der Waals surface area contributed by atoms with Gasteiger partial charge in [0.1, 0.15) is 11.6 Å². The van der Waals surface area contributed by atoms with Crippen LogP contribution in [0.5, 0.6) is 0 Å². The van der Waals surface area contributed by atoms with E-state index in [0.29, 0.717) is 19.6 Å².